The van der Waals surface area contributed by atoms with Crippen LogP contribution < -0.4 is 20.1 Å². The summed E-state index contributed by atoms with van der Waals surface area (Å²) >= 11 is 0. The van der Waals surface area contributed by atoms with Gasteiger partial charge in [0.05, 0.1) is 17.4 Å². The Morgan fingerprint density at radius 1 is 1.08 bits per heavy atom. The summed E-state index contributed by atoms with van der Waals surface area (Å²) in [5, 5.41) is -0.339. The lowest BCUT2D eigenvalue weighted by atomic mass is 9.75. The molecular formula is C27H34N6O4S. The number of sulfonamides is 1. The van der Waals surface area contributed by atoms with Gasteiger partial charge in [0.1, 0.15) is 11.6 Å². The second-order valence-electron chi connectivity index (χ2n) is 10.8. The third-order valence-corrected chi connectivity index (χ3v) is 8.54. The molecule has 0 aromatic carbocycles. The minimum Gasteiger partial charge on any atom is -0.475 e. The number of ether oxygens (including phenoxy) is 1. The molecule has 0 spiro atoms. The Kier molecular flexibility index (Phi) is 7.09. The fourth-order valence-electron chi connectivity index (χ4n) is 4.36. The Labute approximate surface area is 223 Å². The molecule has 3 N–H and O–H groups in total. The molecule has 38 heavy (non-hydrogen) atoms. The first-order valence-corrected chi connectivity index (χ1v) is 13.9. The van der Waals surface area contributed by atoms with Crippen LogP contribution in [0.15, 0.2) is 53.7 Å². The van der Waals surface area contributed by atoms with Crippen LogP contribution in [0.3, 0.4) is 0 Å². The molecule has 1 aliphatic heterocycles. The van der Waals surface area contributed by atoms with Crippen LogP contribution >= 0.6 is 0 Å². The minimum absolute atomic E-state index is 0.00423. The first-order chi connectivity index (χ1) is 17.7. The van der Waals surface area contributed by atoms with Gasteiger partial charge in [0.15, 0.2) is 5.03 Å². The molecule has 1 fully saturated rings. The van der Waals surface area contributed by atoms with Crippen molar-refractivity contribution in [3.63, 3.8) is 0 Å². The standard InChI is InChI=1S/C27H34N6O4S/c1-17(2)37-22-13-10-18(16-29-22)20-12-11-19(24(30-20)33-15-14-26(3,4)27(33,5)6)25(34)32-38(35,36)23-9-7-8-21(28)31-23/h7-13,16-17H,14-15H2,1-6H3,(H2,28,31)(H,32,34). The molecule has 3 aromatic rings. The number of amides is 1. The highest BCUT2D eigenvalue weighted by Gasteiger charge is 2.48. The summed E-state index contributed by atoms with van der Waals surface area (Å²) in [5.41, 5.74) is 6.68. The summed E-state index contributed by atoms with van der Waals surface area (Å²) in [4.78, 5) is 28.6. The van der Waals surface area contributed by atoms with Crippen molar-refractivity contribution in [2.24, 2.45) is 5.41 Å². The summed E-state index contributed by atoms with van der Waals surface area (Å²) in [7, 11) is -4.26. The second-order valence-corrected chi connectivity index (χ2v) is 12.4. The van der Waals surface area contributed by atoms with Gasteiger partial charge in [-0.05, 0) is 69.9 Å². The highest BCUT2D eigenvalue weighted by atomic mass is 32.2. The Morgan fingerprint density at radius 2 is 1.82 bits per heavy atom. The molecule has 0 aliphatic carbocycles. The van der Waals surface area contributed by atoms with E-state index in [0.29, 0.717) is 23.9 Å². The van der Waals surface area contributed by atoms with Gasteiger partial charge in [0.2, 0.25) is 5.88 Å². The summed E-state index contributed by atoms with van der Waals surface area (Å²) in [5.74, 6) is 0.130. The molecule has 0 unspecified atom stereocenters. The maximum absolute atomic E-state index is 13.4. The summed E-state index contributed by atoms with van der Waals surface area (Å²) in [6, 6.07) is 11.1. The maximum Gasteiger partial charge on any atom is 0.281 e. The van der Waals surface area contributed by atoms with Gasteiger partial charge in [-0.15, -0.1) is 0 Å². The molecule has 10 nitrogen and oxygen atoms in total. The predicted molar refractivity (Wildman–Crippen MR) is 146 cm³/mol. The van der Waals surface area contributed by atoms with E-state index in [0.717, 1.165) is 12.0 Å². The molecule has 4 heterocycles. The number of rotatable bonds is 7. The predicted octanol–water partition coefficient (Wildman–Crippen LogP) is 4.04. The molecule has 0 saturated carbocycles. The van der Waals surface area contributed by atoms with Crippen molar-refractivity contribution < 1.29 is 17.9 Å². The fraction of sp³-hybridized carbons (Fsp3) is 0.407. The molecule has 0 bridgehead atoms. The Balaban J connectivity index is 1.75. The first kappa shape index (κ1) is 27.3. The monoisotopic (exact) mass is 538 g/mol. The Morgan fingerprint density at radius 3 is 2.39 bits per heavy atom. The Bertz CT molecular complexity index is 1450. The summed E-state index contributed by atoms with van der Waals surface area (Å²) < 4.78 is 33.6. The number of nitrogens with one attached hydrogen (secondary N) is 1. The maximum atomic E-state index is 13.4. The largest absolute Gasteiger partial charge is 0.475 e. The van der Waals surface area contributed by atoms with Gasteiger partial charge >= 0.3 is 0 Å². The molecule has 4 rings (SSSR count). The summed E-state index contributed by atoms with van der Waals surface area (Å²) in [6.07, 6.45) is 2.54. The SMILES string of the molecule is CC(C)Oc1ccc(-c2ccc(C(=O)NS(=O)(=O)c3cccc(N)n3)c(N3CCC(C)(C)C3(C)C)n2)cn1. The van der Waals surface area contributed by atoms with Crippen LogP contribution in [0.1, 0.15) is 58.3 Å². The first-order valence-electron chi connectivity index (χ1n) is 12.4. The van der Waals surface area contributed by atoms with Crippen LogP contribution in [-0.4, -0.2) is 47.5 Å². The zero-order valence-corrected chi connectivity index (χ0v) is 23.3. The van der Waals surface area contributed by atoms with Crippen molar-refractivity contribution in [1.82, 2.24) is 19.7 Å². The molecule has 0 atom stereocenters. The van der Waals surface area contributed by atoms with Crippen molar-refractivity contribution in [2.45, 2.75) is 64.6 Å². The molecule has 3 aromatic heterocycles. The van der Waals surface area contributed by atoms with Crippen LogP contribution in [0.4, 0.5) is 11.6 Å². The number of anilines is 2. The van der Waals surface area contributed by atoms with E-state index in [1.807, 2.05) is 19.9 Å². The van der Waals surface area contributed by atoms with E-state index in [1.54, 1.807) is 24.4 Å². The average molecular weight is 539 g/mol. The quantitative estimate of drug-likeness (QED) is 0.456. The van der Waals surface area contributed by atoms with Gasteiger partial charge in [-0.2, -0.15) is 8.42 Å². The van der Waals surface area contributed by atoms with Crippen LogP contribution in [-0.2, 0) is 10.0 Å². The smallest absolute Gasteiger partial charge is 0.281 e. The van der Waals surface area contributed by atoms with Gasteiger partial charge in [-0.1, -0.05) is 19.9 Å². The molecule has 202 valence electrons. The minimum atomic E-state index is -4.26. The number of nitrogen functional groups attached to an aromatic ring is 1. The van der Waals surface area contributed by atoms with Gasteiger partial charge in [0, 0.05) is 29.9 Å². The zero-order chi connectivity index (χ0) is 27.9. The Hall–Kier alpha value is -3.73. The van der Waals surface area contributed by atoms with Crippen LogP contribution in [0.5, 0.6) is 5.88 Å². The van der Waals surface area contributed by atoms with E-state index in [2.05, 4.69) is 47.3 Å². The zero-order valence-electron chi connectivity index (χ0n) is 22.5. The number of hydrogen-bond acceptors (Lipinski definition) is 9. The highest BCUT2D eigenvalue weighted by molar-refractivity contribution is 7.90. The van der Waals surface area contributed by atoms with Gasteiger partial charge in [-0.25, -0.2) is 19.7 Å². The van der Waals surface area contributed by atoms with Crippen LogP contribution in [0.25, 0.3) is 11.3 Å². The van der Waals surface area contributed by atoms with Gasteiger partial charge < -0.3 is 15.4 Å². The number of nitrogens with zero attached hydrogens (tertiary/aromatic N) is 4. The van der Waals surface area contributed by atoms with E-state index < -0.39 is 15.9 Å². The fourth-order valence-corrected chi connectivity index (χ4v) is 5.30. The van der Waals surface area contributed by atoms with E-state index in [4.69, 9.17) is 15.5 Å². The van der Waals surface area contributed by atoms with Crippen molar-refractivity contribution in [3.05, 3.63) is 54.2 Å². The van der Waals surface area contributed by atoms with Crippen LogP contribution in [0.2, 0.25) is 0 Å². The lowest BCUT2D eigenvalue weighted by molar-refractivity contribution is 0.0981. The number of carbonyl (C=O) groups is 1. The molecule has 11 heteroatoms. The van der Waals surface area contributed by atoms with Crippen molar-refractivity contribution in [2.75, 3.05) is 17.2 Å². The lowest BCUT2D eigenvalue weighted by Crippen LogP contribution is -2.48. The van der Waals surface area contributed by atoms with E-state index in [9.17, 15) is 13.2 Å². The van der Waals surface area contributed by atoms with E-state index in [1.165, 1.54) is 18.2 Å². The van der Waals surface area contributed by atoms with Crippen LogP contribution in [0, 0.1) is 5.41 Å². The van der Waals surface area contributed by atoms with Gasteiger partial charge in [-0.3, -0.25) is 4.79 Å². The highest BCUT2D eigenvalue weighted by Crippen LogP contribution is 2.47. The molecular weight excluding hydrogens is 504 g/mol. The van der Waals surface area contributed by atoms with E-state index in [-0.39, 0.29) is 33.5 Å². The third kappa shape index (κ3) is 5.28. The number of hydrogen-bond donors (Lipinski definition) is 2. The molecule has 0 radical (unpaired) electrons. The lowest BCUT2D eigenvalue weighted by Gasteiger charge is -2.42. The molecule has 1 amide bonds. The van der Waals surface area contributed by atoms with Gasteiger partial charge in [0.25, 0.3) is 15.9 Å². The van der Waals surface area contributed by atoms with E-state index >= 15 is 0 Å². The van der Waals surface area contributed by atoms with Crippen molar-refractivity contribution in [1.29, 1.82) is 0 Å². The number of nitrogens with two attached hydrogens (primary N) is 1. The normalized spacial score (nSPS) is 16.4. The number of carbonyl (C=O) groups excluding carboxylic acids is 1. The summed E-state index contributed by atoms with van der Waals surface area (Å²) in [6.45, 7) is 13.0. The molecule has 1 aliphatic rings. The van der Waals surface area contributed by atoms with Crippen molar-refractivity contribution in [3.8, 4) is 17.1 Å². The van der Waals surface area contributed by atoms with Crippen molar-refractivity contribution >= 4 is 27.6 Å². The second kappa shape index (κ2) is 9.86. The number of aromatic nitrogens is 3. The molecule has 1 saturated heterocycles. The average Bonchev–Trinajstić information content (AvgIpc) is 3.05. The number of pyridine rings is 3. The topological polar surface area (TPSA) is 140 Å². The third-order valence-electron chi connectivity index (χ3n) is 7.30.